The third-order valence-corrected chi connectivity index (χ3v) is 7.28. The van der Waals surface area contributed by atoms with Gasteiger partial charge in [0.1, 0.15) is 18.3 Å². The van der Waals surface area contributed by atoms with Gasteiger partial charge < -0.3 is 9.47 Å². The molecule has 5 rings (SSSR count). The molecule has 9 heteroatoms. The Bertz CT molecular complexity index is 1300. The molecular weight excluding hydrogens is 462 g/mol. The topological polar surface area (TPSA) is 95.0 Å². The van der Waals surface area contributed by atoms with Crippen LogP contribution in [0.4, 0.5) is 0 Å². The highest BCUT2D eigenvalue weighted by Crippen LogP contribution is 2.46. The molecule has 172 valence electrons. The third kappa shape index (κ3) is 4.70. The van der Waals surface area contributed by atoms with Gasteiger partial charge in [-0.05, 0) is 47.9 Å². The van der Waals surface area contributed by atoms with E-state index < -0.39 is 39.7 Å². The van der Waals surface area contributed by atoms with E-state index in [1.54, 1.807) is 26.1 Å². The standard InChI is InChI=1S/C24H23NO6S2/c1-24(2)29-21-18(17-11-7-9-15-8-3-4-10-16(15)17)14-19(32-20-12-5-6-13-25-20)22(23(21)30-24)31-33(26,27)28/h3-14,19,21-23H,1-2H3,(H,26,27,28)/t19-,21+,22+,23+/m0/s1. The average Bonchev–Trinajstić information content (AvgIpc) is 3.10. The fourth-order valence-electron chi connectivity index (χ4n) is 4.45. The Balaban J connectivity index is 1.67. The van der Waals surface area contributed by atoms with E-state index in [-0.39, 0.29) is 0 Å². The molecule has 3 aromatic rings. The number of hydrogen-bond acceptors (Lipinski definition) is 7. The number of aromatic nitrogens is 1. The van der Waals surface area contributed by atoms with Crippen molar-refractivity contribution >= 4 is 38.5 Å². The Kier molecular flexibility index (Phi) is 5.80. The van der Waals surface area contributed by atoms with Gasteiger partial charge in [-0.3, -0.25) is 4.55 Å². The molecule has 4 atom stereocenters. The Morgan fingerprint density at radius 1 is 1.03 bits per heavy atom. The first-order chi connectivity index (χ1) is 15.7. The predicted octanol–water partition coefficient (Wildman–Crippen LogP) is 4.50. The van der Waals surface area contributed by atoms with Crippen LogP contribution in [0.15, 0.2) is 78.0 Å². The Morgan fingerprint density at radius 3 is 2.55 bits per heavy atom. The number of pyridine rings is 1. The number of nitrogens with zero attached hydrogens (tertiary/aromatic N) is 1. The van der Waals surface area contributed by atoms with Gasteiger partial charge in [0.2, 0.25) is 0 Å². The summed E-state index contributed by atoms with van der Waals surface area (Å²) in [6, 6.07) is 19.6. The summed E-state index contributed by atoms with van der Waals surface area (Å²) >= 11 is 1.34. The van der Waals surface area contributed by atoms with Gasteiger partial charge >= 0.3 is 10.4 Å². The van der Waals surface area contributed by atoms with Crippen molar-refractivity contribution in [1.29, 1.82) is 0 Å². The summed E-state index contributed by atoms with van der Waals surface area (Å²) in [5, 5.41) is 2.30. The fourth-order valence-corrected chi connectivity index (χ4v) is 6.15. The first-order valence-electron chi connectivity index (χ1n) is 10.5. The zero-order valence-corrected chi connectivity index (χ0v) is 19.6. The third-order valence-electron chi connectivity index (χ3n) is 5.65. The zero-order valence-electron chi connectivity index (χ0n) is 18.0. The van der Waals surface area contributed by atoms with E-state index >= 15 is 0 Å². The van der Waals surface area contributed by atoms with Crippen molar-refractivity contribution in [3.05, 3.63) is 78.5 Å². The largest absolute Gasteiger partial charge is 0.397 e. The van der Waals surface area contributed by atoms with E-state index in [0.29, 0.717) is 5.03 Å². The summed E-state index contributed by atoms with van der Waals surface area (Å²) in [5.41, 5.74) is 1.85. The first kappa shape index (κ1) is 22.5. The summed E-state index contributed by atoms with van der Waals surface area (Å²) in [4.78, 5) is 4.36. The second-order valence-electron chi connectivity index (χ2n) is 8.41. The van der Waals surface area contributed by atoms with Gasteiger partial charge in [-0.1, -0.05) is 66.4 Å². The van der Waals surface area contributed by atoms with Crippen LogP contribution in [0.2, 0.25) is 0 Å². The van der Waals surface area contributed by atoms with Crippen LogP contribution in [0.1, 0.15) is 19.4 Å². The van der Waals surface area contributed by atoms with Crippen LogP contribution >= 0.6 is 11.8 Å². The fraction of sp³-hybridized carbons (Fsp3) is 0.292. The Hall–Kier alpha value is -2.27. The predicted molar refractivity (Wildman–Crippen MR) is 126 cm³/mol. The molecule has 0 radical (unpaired) electrons. The minimum atomic E-state index is -4.74. The van der Waals surface area contributed by atoms with Gasteiger partial charge in [0.15, 0.2) is 5.79 Å². The van der Waals surface area contributed by atoms with E-state index in [9.17, 15) is 13.0 Å². The molecule has 1 N–H and O–H groups in total. The van der Waals surface area contributed by atoms with Crippen molar-refractivity contribution in [3.8, 4) is 0 Å². The van der Waals surface area contributed by atoms with Crippen molar-refractivity contribution in [1.82, 2.24) is 4.98 Å². The lowest BCUT2D eigenvalue weighted by molar-refractivity contribution is -0.150. The number of fused-ring (bicyclic) bond motifs is 2. The molecule has 0 saturated carbocycles. The summed E-state index contributed by atoms with van der Waals surface area (Å²) in [6.45, 7) is 3.55. The van der Waals surface area contributed by atoms with Crippen molar-refractivity contribution in [2.45, 2.75) is 48.2 Å². The van der Waals surface area contributed by atoms with Crippen molar-refractivity contribution in [2.75, 3.05) is 0 Å². The second-order valence-corrected chi connectivity index (χ2v) is 10.7. The maximum atomic E-state index is 11.8. The van der Waals surface area contributed by atoms with Crippen LogP contribution in [0.25, 0.3) is 16.3 Å². The Labute approximate surface area is 196 Å². The highest BCUT2D eigenvalue weighted by Gasteiger charge is 2.53. The zero-order chi connectivity index (χ0) is 23.2. The normalized spacial score (nSPS) is 26.7. The molecular formula is C24H23NO6S2. The van der Waals surface area contributed by atoms with Gasteiger partial charge in [0.25, 0.3) is 0 Å². The van der Waals surface area contributed by atoms with Crippen LogP contribution in [-0.4, -0.2) is 47.3 Å². The quantitative estimate of drug-likeness (QED) is 0.528. The van der Waals surface area contributed by atoms with Crippen molar-refractivity contribution in [2.24, 2.45) is 0 Å². The van der Waals surface area contributed by atoms with Crippen molar-refractivity contribution in [3.63, 3.8) is 0 Å². The van der Waals surface area contributed by atoms with Gasteiger partial charge in [-0.2, -0.15) is 8.42 Å². The van der Waals surface area contributed by atoms with E-state index in [2.05, 4.69) is 4.98 Å². The summed E-state index contributed by atoms with van der Waals surface area (Å²) in [5.74, 6) is -0.968. The molecule has 0 spiro atoms. The molecule has 0 unspecified atom stereocenters. The summed E-state index contributed by atoms with van der Waals surface area (Å²) in [7, 11) is -4.74. The van der Waals surface area contributed by atoms with Gasteiger partial charge in [-0.15, -0.1) is 0 Å². The average molecular weight is 486 g/mol. The van der Waals surface area contributed by atoms with Gasteiger partial charge in [0.05, 0.1) is 10.3 Å². The van der Waals surface area contributed by atoms with E-state index in [4.69, 9.17) is 13.7 Å². The van der Waals surface area contributed by atoms with Crippen LogP contribution < -0.4 is 0 Å². The molecule has 2 aromatic carbocycles. The molecule has 1 saturated heterocycles. The maximum absolute atomic E-state index is 11.8. The smallest absolute Gasteiger partial charge is 0.341 e. The molecule has 1 fully saturated rings. The molecule has 1 aliphatic carbocycles. The SMILES string of the molecule is CC1(C)O[C@H]2[C@H](OS(=O)(=O)O)[C@@H](Sc3ccccn3)C=C(c3cccc4ccccc34)[C@H]2O1. The van der Waals surface area contributed by atoms with Crippen LogP contribution in [0.5, 0.6) is 0 Å². The number of rotatable bonds is 5. The molecule has 1 aromatic heterocycles. The molecule has 1 aliphatic heterocycles. The molecule has 2 aliphatic rings. The molecule has 2 heterocycles. The van der Waals surface area contributed by atoms with E-state index in [1.165, 1.54) is 11.8 Å². The van der Waals surface area contributed by atoms with Gasteiger partial charge in [-0.25, -0.2) is 9.17 Å². The second kappa shape index (κ2) is 8.50. The Morgan fingerprint density at radius 2 is 1.79 bits per heavy atom. The van der Waals surface area contributed by atoms with Crippen LogP contribution in [0.3, 0.4) is 0 Å². The minimum Gasteiger partial charge on any atom is -0.341 e. The van der Waals surface area contributed by atoms with Gasteiger partial charge in [0, 0.05) is 6.20 Å². The minimum absolute atomic E-state index is 0.519. The number of benzene rings is 2. The summed E-state index contributed by atoms with van der Waals surface area (Å²) in [6.07, 6.45) is 1.25. The molecule has 33 heavy (non-hydrogen) atoms. The number of hydrogen-bond donors (Lipinski definition) is 1. The van der Waals surface area contributed by atoms with Crippen LogP contribution in [-0.2, 0) is 24.1 Å². The molecule has 0 bridgehead atoms. The molecule has 0 amide bonds. The molecule has 7 nitrogen and oxygen atoms in total. The van der Waals surface area contributed by atoms with E-state index in [1.807, 2.05) is 60.7 Å². The lowest BCUT2D eigenvalue weighted by atomic mass is 9.85. The van der Waals surface area contributed by atoms with Crippen molar-refractivity contribution < 1.29 is 26.6 Å². The van der Waals surface area contributed by atoms with Crippen LogP contribution in [0, 0.1) is 0 Å². The van der Waals surface area contributed by atoms with E-state index in [0.717, 1.165) is 21.9 Å². The number of thioether (sulfide) groups is 1. The highest BCUT2D eigenvalue weighted by atomic mass is 32.3. The summed E-state index contributed by atoms with van der Waals surface area (Å²) < 4.78 is 50.6. The monoisotopic (exact) mass is 485 g/mol. The highest BCUT2D eigenvalue weighted by molar-refractivity contribution is 8.00. The number of ether oxygens (including phenoxy) is 2. The first-order valence-corrected chi connectivity index (χ1v) is 12.7. The maximum Gasteiger partial charge on any atom is 0.397 e. The lowest BCUT2D eigenvalue weighted by Crippen LogP contribution is -2.48. The lowest BCUT2D eigenvalue weighted by Gasteiger charge is -2.35.